The van der Waals surface area contributed by atoms with Crippen LogP contribution in [0.25, 0.3) is 0 Å². The number of amides is 2. The first-order chi connectivity index (χ1) is 16.6. The zero-order chi connectivity index (χ0) is 25.6. The van der Waals surface area contributed by atoms with Gasteiger partial charge in [0, 0.05) is 22.5 Å². The summed E-state index contributed by atoms with van der Waals surface area (Å²) in [6.07, 6.45) is 0. The van der Waals surface area contributed by atoms with E-state index in [1.165, 1.54) is 13.2 Å². The van der Waals surface area contributed by atoms with Crippen molar-refractivity contribution in [2.75, 3.05) is 17.7 Å². The first-order valence-corrected chi connectivity index (χ1v) is 11.3. The van der Waals surface area contributed by atoms with Gasteiger partial charge in [0.15, 0.2) is 5.11 Å². The number of hydrogen-bond donors (Lipinski definition) is 3. The molecule has 3 aromatic rings. The zero-order valence-electron chi connectivity index (χ0n) is 20.0. The average molecular weight is 490 g/mol. The predicted octanol–water partition coefficient (Wildman–Crippen LogP) is 5.15. The number of esters is 1. The van der Waals surface area contributed by atoms with Gasteiger partial charge in [-0.2, -0.15) is 0 Å². The van der Waals surface area contributed by atoms with Crippen LogP contribution in [0.1, 0.15) is 57.4 Å². The van der Waals surface area contributed by atoms with Crippen LogP contribution in [-0.4, -0.2) is 30.0 Å². The molecule has 7 nitrogen and oxygen atoms in total. The van der Waals surface area contributed by atoms with Crippen LogP contribution < -0.4 is 16.0 Å². The Morgan fingerprint density at radius 1 is 0.743 bits per heavy atom. The van der Waals surface area contributed by atoms with Crippen molar-refractivity contribution in [3.05, 3.63) is 95.1 Å². The van der Waals surface area contributed by atoms with E-state index in [-0.39, 0.29) is 27.6 Å². The SMILES string of the molecule is COC(=O)c1cccc(C(=O)NC(=S)Nc2cccc(NC(=O)c3ccc(C(C)(C)C)cc3)c2)c1. The lowest BCUT2D eigenvalue weighted by molar-refractivity contribution is 0.0600. The van der Waals surface area contributed by atoms with Gasteiger partial charge in [0.1, 0.15) is 0 Å². The molecule has 2 amide bonds. The lowest BCUT2D eigenvalue weighted by Crippen LogP contribution is -2.34. The van der Waals surface area contributed by atoms with Gasteiger partial charge in [-0.15, -0.1) is 0 Å². The van der Waals surface area contributed by atoms with Crippen molar-refractivity contribution >= 4 is 46.5 Å². The Balaban J connectivity index is 1.62. The Bertz CT molecular complexity index is 1260. The fourth-order valence-corrected chi connectivity index (χ4v) is 3.45. The quantitative estimate of drug-likeness (QED) is 0.339. The van der Waals surface area contributed by atoms with E-state index >= 15 is 0 Å². The topological polar surface area (TPSA) is 96.5 Å². The minimum Gasteiger partial charge on any atom is -0.465 e. The molecule has 0 fully saturated rings. The van der Waals surface area contributed by atoms with Crippen LogP contribution in [0.15, 0.2) is 72.8 Å². The van der Waals surface area contributed by atoms with E-state index < -0.39 is 11.9 Å². The van der Waals surface area contributed by atoms with E-state index in [4.69, 9.17) is 12.2 Å². The van der Waals surface area contributed by atoms with Crippen molar-refractivity contribution in [3.63, 3.8) is 0 Å². The van der Waals surface area contributed by atoms with Crippen LogP contribution in [0.2, 0.25) is 0 Å². The van der Waals surface area contributed by atoms with Crippen LogP contribution in [0.3, 0.4) is 0 Å². The molecule has 0 aliphatic heterocycles. The second kappa shape index (κ2) is 10.9. The molecule has 0 aromatic heterocycles. The van der Waals surface area contributed by atoms with Gasteiger partial charge >= 0.3 is 5.97 Å². The summed E-state index contributed by atoms with van der Waals surface area (Å²) < 4.78 is 4.68. The number of ether oxygens (including phenoxy) is 1. The molecule has 0 saturated carbocycles. The van der Waals surface area contributed by atoms with E-state index in [2.05, 4.69) is 41.5 Å². The summed E-state index contributed by atoms with van der Waals surface area (Å²) in [6, 6.07) is 20.6. The summed E-state index contributed by atoms with van der Waals surface area (Å²) >= 11 is 5.25. The third kappa shape index (κ3) is 6.97. The van der Waals surface area contributed by atoms with Crippen molar-refractivity contribution in [2.45, 2.75) is 26.2 Å². The Morgan fingerprint density at radius 3 is 1.97 bits per heavy atom. The highest BCUT2D eigenvalue weighted by Crippen LogP contribution is 2.23. The number of carbonyl (C=O) groups is 3. The number of nitrogens with one attached hydrogen (secondary N) is 3. The molecule has 8 heteroatoms. The van der Waals surface area contributed by atoms with Gasteiger partial charge in [0.25, 0.3) is 11.8 Å². The van der Waals surface area contributed by atoms with Crippen molar-refractivity contribution in [2.24, 2.45) is 0 Å². The van der Waals surface area contributed by atoms with E-state index in [9.17, 15) is 14.4 Å². The summed E-state index contributed by atoms with van der Waals surface area (Å²) in [5.74, 6) is -1.25. The lowest BCUT2D eigenvalue weighted by atomic mass is 9.87. The van der Waals surface area contributed by atoms with Crippen molar-refractivity contribution in [1.82, 2.24) is 5.32 Å². The molecule has 0 radical (unpaired) electrons. The fourth-order valence-electron chi connectivity index (χ4n) is 3.24. The Morgan fingerprint density at radius 2 is 1.34 bits per heavy atom. The van der Waals surface area contributed by atoms with E-state index in [0.717, 1.165) is 5.56 Å². The summed E-state index contributed by atoms with van der Waals surface area (Å²) in [7, 11) is 1.27. The average Bonchev–Trinajstić information content (AvgIpc) is 2.83. The molecule has 180 valence electrons. The van der Waals surface area contributed by atoms with Crippen molar-refractivity contribution in [1.29, 1.82) is 0 Å². The van der Waals surface area contributed by atoms with Gasteiger partial charge in [-0.05, 0) is 71.7 Å². The number of carbonyl (C=O) groups excluding carboxylic acids is 3. The highest BCUT2D eigenvalue weighted by Gasteiger charge is 2.15. The number of benzene rings is 3. The molecule has 0 heterocycles. The van der Waals surface area contributed by atoms with Crippen LogP contribution in [0.4, 0.5) is 11.4 Å². The molecule has 0 bridgehead atoms. The van der Waals surface area contributed by atoms with Crippen molar-refractivity contribution in [3.8, 4) is 0 Å². The Kier molecular flexibility index (Phi) is 7.98. The Hall–Kier alpha value is -4.04. The molecule has 3 rings (SSSR count). The van der Waals surface area contributed by atoms with Gasteiger partial charge in [-0.25, -0.2) is 4.79 Å². The second-order valence-electron chi connectivity index (χ2n) is 8.84. The summed E-state index contributed by atoms with van der Waals surface area (Å²) in [4.78, 5) is 36.9. The molecule has 0 aliphatic carbocycles. The van der Waals surface area contributed by atoms with E-state index in [1.807, 2.05) is 12.1 Å². The summed E-state index contributed by atoms with van der Waals surface area (Å²) in [5, 5.41) is 8.43. The number of thiocarbonyl (C=S) groups is 1. The van der Waals surface area contributed by atoms with Gasteiger partial charge in [-0.1, -0.05) is 45.0 Å². The van der Waals surface area contributed by atoms with Crippen LogP contribution in [-0.2, 0) is 10.2 Å². The molecule has 0 spiro atoms. The van der Waals surface area contributed by atoms with Gasteiger partial charge in [0.05, 0.1) is 12.7 Å². The molecular weight excluding hydrogens is 462 g/mol. The number of hydrogen-bond acceptors (Lipinski definition) is 5. The molecule has 0 unspecified atom stereocenters. The van der Waals surface area contributed by atoms with Gasteiger partial charge < -0.3 is 15.4 Å². The summed E-state index contributed by atoms with van der Waals surface area (Å²) in [5.41, 5.74) is 3.37. The first kappa shape index (κ1) is 25.6. The maximum absolute atomic E-state index is 12.7. The minimum atomic E-state index is -0.538. The standard InChI is InChI=1S/C27H27N3O4S/c1-27(2,3)20-13-11-17(12-14-20)23(31)28-21-9-6-10-22(16-21)29-26(35)30-24(32)18-7-5-8-19(15-18)25(33)34-4/h5-16H,1-4H3,(H,28,31)(H2,29,30,32,35). The molecule has 0 atom stereocenters. The molecule has 0 aliphatic rings. The smallest absolute Gasteiger partial charge is 0.337 e. The maximum Gasteiger partial charge on any atom is 0.337 e. The monoisotopic (exact) mass is 489 g/mol. The van der Waals surface area contributed by atoms with E-state index in [0.29, 0.717) is 16.9 Å². The normalized spacial score (nSPS) is 10.7. The van der Waals surface area contributed by atoms with E-state index in [1.54, 1.807) is 54.6 Å². The third-order valence-electron chi connectivity index (χ3n) is 5.16. The van der Waals surface area contributed by atoms with Crippen LogP contribution in [0.5, 0.6) is 0 Å². The second-order valence-corrected chi connectivity index (χ2v) is 9.25. The minimum absolute atomic E-state index is 0.00694. The molecule has 0 saturated heterocycles. The molecule has 3 aromatic carbocycles. The highest BCUT2D eigenvalue weighted by molar-refractivity contribution is 7.80. The molecule has 35 heavy (non-hydrogen) atoms. The third-order valence-corrected chi connectivity index (χ3v) is 5.37. The Labute approximate surface area is 209 Å². The maximum atomic E-state index is 12.7. The number of rotatable bonds is 5. The molecule has 3 N–H and O–H groups in total. The van der Waals surface area contributed by atoms with Crippen molar-refractivity contribution < 1.29 is 19.1 Å². The lowest BCUT2D eigenvalue weighted by Gasteiger charge is -2.19. The van der Waals surface area contributed by atoms with Crippen LogP contribution >= 0.6 is 12.2 Å². The predicted molar refractivity (Wildman–Crippen MR) is 141 cm³/mol. The summed E-state index contributed by atoms with van der Waals surface area (Å²) in [6.45, 7) is 6.35. The van der Waals surface area contributed by atoms with Gasteiger partial charge in [-0.3, -0.25) is 14.9 Å². The molecular formula is C27H27N3O4S. The fraction of sp³-hybridized carbons (Fsp3) is 0.185. The first-order valence-electron chi connectivity index (χ1n) is 10.9. The number of anilines is 2. The van der Waals surface area contributed by atoms with Gasteiger partial charge in [0.2, 0.25) is 0 Å². The number of methoxy groups -OCH3 is 1. The largest absolute Gasteiger partial charge is 0.465 e. The highest BCUT2D eigenvalue weighted by atomic mass is 32.1. The zero-order valence-corrected chi connectivity index (χ0v) is 20.8. The van der Waals surface area contributed by atoms with Crippen LogP contribution in [0, 0.1) is 0 Å².